The van der Waals surface area contributed by atoms with Crippen LogP contribution in [0.15, 0.2) is 164 Å². The average Bonchev–Trinajstić information content (AvgIpc) is 1.14. The standard InChI is InChI=1S/C32H12BF24.C25H24N/c34-25(35,36)13-1-14(26(37,38)39)6-21(5-13)33(22-7-15(27(40,41)42)2-16(8-22)28(43,44)45,23-9-17(29(46,47)48)3-18(10-23)30(49,50)51)24-11-19(31(52,53)54)4-20(12-24)32(55,56)57;1-19(2)21-12-14-23(15-13-21)25-24-11-7-6-10-22(24)16-17-26(25)18-20-8-4-3-5-9-20/h1-12H;3-17,19H,18H2,1-2H3/q-1;+1. The van der Waals surface area contributed by atoms with E-state index in [0.29, 0.717) is 5.92 Å². The van der Waals surface area contributed by atoms with Crippen molar-refractivity contribution < 1.29 is 110 Å². The van der Waals surface area contributed by atoms with E-state index in [2.05, 4.69) is 110 Å². The molecule has 0 aliphatic heterocycles. The molecule has 0 bridgehead atoms. The van der Waals surface area contributed by atoms with Crippen molar-refractivity contribution >= 4 is 38.8 Å². The van der Waals surface area contributed by atoms with E-state index < -0.39 is 195 Å². The molecule has 1 nitrogen and oxygen atoms in total. The highest BCUT2D eigenvalue weighted by Gasteiger charge is 2.47. The second-order valence-corrected chi connectivity index (χ2v) is 19.4. The van der Waals surface area contributed by atoms with Gasteiger partial charge in [-0.05, 0) is 59.3 Å². The van der Waals surface area contributed by atoms with E-state index in [0.717, 1.165) is 6.54 Å². The lowest BCUT2D eigenvalue weighted by Crippen LogP contribution is -2.75. The molecule has 0 atom stereocenters. The lowest BCUT2D eigenvalue weighted by atomic mass is 9.12. The second-order valence-electron chi connectivity index (χ2n) is 19.4. The smallest absolute Gasteiger partial charge is 0.194 e. The summed E-state index contributed by atoms with van der Waals surface area (Å²) in [4.78, 5) is 0. The number of rotatable bonds is 8. The molecule has 1 aromatic heterocycles. The van der Waals surface area contributed by atoms with Crippen molar-refractivity contribution in [3.05, 3.63) is 220 Å². The van der Waals surface area contributed by atoms with E-state index in [-0.39, 0.29) is 0 Å². The minimum atomic E-state index is -6.13. The maximum Gasteiger partial charge on any atom is 0.416 e. The van der Waals surface area contributed by atoms with Gasteiger partial charge in [0.05, 0.1) is 49.9 Å². The van der Waals surface area contributed by atoms with Crippen molar-refractivity contribution in [3.63, 3.8) is 0 Å². The van der Waals surface area contributed by atoms with Gasteiger partial charge in [0.2, 0.25) is 5.69 Å². The molecule has 26 heteroatoms. The maximum atomic E-state index is 14.2. The number of aromatic nitrogens is 1. The van der Waals surface area contributed by atoms with E-state index in [1.54, 1.807) is 0 Å². The molecule has 0 saturated heterocycles. The van der Waals surface area contributed by atoms with Crippen LogP contribution < -0.4 is 26.4 Å². The first-order valence-electron chi connectivity index (χ1n) is 23.9. The first-order chi connectivity index (χ1) is 38.0. The quantitative estimate of drug-likeness (QED) is 0.0811. The Bertz CT molecular complexity index is 3180. The number of halogens is 24. The molecule has 7 aromatic carbocycles. The summed E-state index contributed by atoms with van der Waals surface area (Å²) in [6.07, 6.45) is -52.6. The van der Waals surface area contributed by atoms with Gasteiger partial charge < -0.3 is 0 Å². The molecule has 440 valence electrons. The van der Waals surface area contributed by atoms with Crippen LogP contribution >= 0.6 is 0 Å². The molecular weight excluding hydrogens is 1170 g/mol. The number of benzene rings is 7. The van der Waals surface area contributed by atoms with Crippen molar-refractivity contribution in [2.45, 2.75) is 75.7 Å². The zero-order chi connectivity index (χ0) is 61.8. The van der Waals surface area contributed by atoms with Crippen LogP contribution in [0.5, 0.6) is 0 Å². The fraction of sp³-hybridized carbons (Fsp3) is 0.211. The number of alkyl halides is 24. The highest BCUT2D eigenvalue weighted by molar-refractivity contribution is 7.20. The van der Waals surface area contributed by atoms with Crippen LogP contribution in [0.3, 0.4) is 0 Å². The predicted octanol–water partition coefficient (Wildman–Crippen LogP) is 17.2. The largest absolute Gasteiger partial charge is 0.416 e. The highest BCUT2D eigenvalue weighted by Crippen LogP contribution is 2.42. The molecule has 0 radical (unpaired) electrons. The molecular formula is C57H36BF24N. The number of hydrogen-bond donors (Lipinski definition) is 0. The van der Waals surface area contributed by atoms with Gasteiger partial charge in [0, 0.05) is 17.2 Å². The van der Waals surface area contributed by atoms with E-state index in [9.17, 15) is 105 Å². The molecule has 8 rings (SSSR count). The maximum absolute atomic E-state index is 14.2. The molecule has 0 fully saturated rings. The van der Waals surface area contributed by atoms with Gasteiger partial charge in [-0.3, -0.25) is 0 Å². The normalized spacial score (nSPS) is 13.3. The van der Waals surface area contributed by atoms with E-state index >= 15 is 0 Å². The number of pyridine rings is 1. The first-order valence-corrected chi connectivity index (χ1v) is 23.9. The Hall–Kier alpha value is -7.67. The van der Waals surface area contributed by atoms with Gasteiger partial charge >= 0.3 is 49.4 Å². The van der Waals surface area contributed by atoms with Crippen LogP contribution in [0, 0.1) is 0 Å². The average molecular weight is 1200 g/mol. The van der Waals surface area contributed by atoms with Gasteiger partial charge in [-0.2, -0.15) is 132 Å². The van der Waals surface area contributed by atoms with Crippen molar-refractivity contribution in [2.75, 3.05) is 0 Å². The molecule has 83 heavy (non-hydrogen) atoms. The molecule has 0 aliphatic rings. The zero-order valence-electron chi connectivity index (χ0n) is 42.0. The Morgan fingerprint density at radius 2 is 0.627 bits per heavy atom. The van der Waals surface area contributed by atoms with Crippen LogP contribution in [-0.2, 0) is 56.0 Å². The highest BCUT2D eigenvalue weighted by atomic mass is 19.4. The summed E-state index contributed by atoms with van der Waals surface area (Å²) in [6, 6.07) is 21.7. The first kappa shape index (κ1) is 62.9. The van der Waals surface area contributed by atoms with Crippen LogP contribution in [-0.4, -0.2) is 6.15 Å². The number of fused-ring (bicyclic) bond motifs is 1. The molecule has 0 saturated carbocycles. The lowest BCUT2D eigenvalue weighted by Gasteiger charge is -2.46. The summed E-state index contributed by atoms with van der Waals surface area (Å²) in [5.41, 5.74) is -25.0. The molecule has 1 heterocycles. The Morgan fingerprint density at radius 1 is 0.337 bits per heavy atom. The summed E-state index contributed by atoms with van der Waals surface area (Å²) in [5, 5.41) is 2.57. The van der Waals surface area contributed by atoms with Crippen molar-refractivity contribution in [3.8, 4) is 11.3 Å². The molecule has 8 aromatic rings. The Labute approximate surface area is 454 Å². The summed E-state index contributed by atoms with van der Waals surface area (Å²) >= 11 is 0. The van der Waals surface area contributed by atoms with Gasteiger partial charge in [-0.15, -0.1) is 0 Å². The van der Waals surface area contributed by atoms with Gasteiger partial charge in [-0.25, -0.2) is 0 Å². The molecule has 0 unspecified atom stereocenters. The summed E-state index contributed by atoms with van der Waals surface area (Å²) in [7, 11) is 0. The number of nitrogens with zero attached hydrogens (tertiary/aromatic N) is 1. The van der Waals surface area contributed by atoms with Crippen LogP contribution in [0.2, 0.25) is 0 Å². The van der Waals surface area contributed by atoms with E-state index in [1.165, 1.54) is 33.2 Å². The molecule has 0 amide bonds. The van der Waals surface area contributed by atoms with Crippen LogP contribution in [0.1, 0.15) is 75.4 Å². The Morgan fingerprint density at radius 3 is 0.916 bits per heavy atom. The fourth-order valence-electron chi connectivity index (χ4n) is 9.59. The minimum Gasteiger partial charge on any atom is -0.194 e. The van der Waals surface area contributed by atoms with Crippen molar-refractivity contribution in [1.82, 2.24) is 0 Å². The van der Waals surface area contributed by atoms with Crippen LogP contribution in [0.4, 0.5) is 105 Å². The zero-order valence-corrected chi connectivity index (χ0v) is 42.0. The van der Waals surface area contributed by atoms with Crippen LogP contribution in [0.25, 0.3) is 22.0 Å². The Kier molecular flexibility index (Phi) is 16.8. The molecule has 0 aliphatic carbocycles. The van der Waals surface area contributed by atoms with E-state index in [1.807, 2.05) is 0 Å². The molecule has 0 spiro atoms. The monoisotopic (exact) mass is 1200 g/mol. The third kappa shape index (κ3) is 14.1. The summed E-state index contributed by atoms with van der Waals surface area (Å²) in [5.74, 6) is 0.549. The van der Waals surface area contributed by atoms with Crippen molar-refractivity contribution in [1.29, 1.82) is 0 Å². The SMILES string of the molecule is CC(C)c1ccc(-c2c3ccccc3cc[n+]2Cc2ccccc2)cc1.FC(F)(F)c1cc([B-](c2cc(C(F)(F)F)cc(C(F)(F)F)c2)(c2cc(C(F)(F)F)cc(C(F)(F)F)c2)c2cc(C(F)(F)F)cc(C(F)(F)F)c2)cc(C(F)(F)F)c1. The van der Waals surface area contributed by atoms with Gasteiger partial charge in [0.25, 0.3) is 0 Å². The second kappa shape index (κ2) is 22.2. The van der Waals surface area contributed by atoms with Gasteiger partial charge in [0.1, 0.15) is 6.15 Å². The van der Waals surface area contributed by atoms with Gasteiger partial charge in [-0.1, -0.05) is 123 Å². The lowest BCUT2D eigenvalue weighted by molar-refractivity contribution is -0.676. The Balaban J connectivity index is 0.000000313. The van der Waals surface area contributed by atoms with E-state index in [4.69, 9.17) is 0 Å². The molecule has 0 N–H and O–H groups in total. The third-order valence-corrected chi connectivity index (χ3v) is 13.4. The van der Waals surface area contributed by atoms with Gasteiger partial charge in [0.15, 0.2) is 12.7 Å². The summed E-state index contributed by atoms with van der Waals surface area (Å²) < 4.78 is 343. The van der Waals surface area contributed by atoms with Crippen molar-refractivity contribution in [2.24, 2.45) is 0 Å². The number of hydrogen-bond acceptors (Lipinski definition) is 0. The minimum absolute atomic E-state index is 0.549. The third-order valence-electron chi connectivity index (χ3n) is 13.4. The summed E-state index contributed by atoms with van der Waals surface area (Å²) in [6.45, 7) is 5.35. The fourth-order valence-corrected chi connectivity index (χ4v) is 9.59. The topological polar surface area (TPSA) is 3.88 Å². The predicted molar refractivity (Wildman–Crippen MR) is 259 cm³/mol.